The van der Waals surface area contributed by atoms with Crippen molar-refractivity contribution >= 4 is 39.3 Å². The van der Waals surface area contributed by atoms with Gasteiger partial charge in [0.1, 0.15) is 16.2 Å². The van der Waals surface area contributed by atoms with E-state index < -0.39 is 5.97 Å². The second-order valence-corrected chi connectivity index (χ2v) is 8.39. The van der Waals surface area contributed by atoms with Gasteiger partial charge in [-0.2, -0.15) is 0 Å². The van der Waals surface area contributed by atoms with Crippen LogP contribution in [0.1, 0.15) is 36.9 Å². The molecule has 1 N–H and O–H groups in total. The van der Waals surface area contributed by atoms with E-state index in [1.165, 1.54) is 13.2 Å². The highest BCUT2D eigenvalue weighted by Crippen LogP contribution is 2.26. The monoisotopic (exact) mass is 448 g/mol. The molecular formula is C24H20N2O5S. The van der Waals surface area contributed by atoms with Gasteiger partial charge >= 0.3 is 5.97 Å². The Morgan fingerprint density at radius 1 is 1.06 bits per heavy atom. The van der Waals surface area contributed by atoms with Gasteiger partial charge in [0.2, 0.25) is 0 Å². The highest BCUT2D eigenvalue weighted by molar-refractivity contribution is 7.17. The van der Waals surface area contributed by atoms with Crippen molar-refractivity contribution in [2.45, 2.75) is 20.8 Å². The maximum absolute atomic E-state index is 12.6. The van der Waals surface area contributed by atoms with E-state index in [1.807, 2.05) is 26.0 Å². The van der Waals surface area contributed by atoms with Gasteiger partial charge in [-0.3, -0.25) is 14.9 Å². The first-order chi connectivity index (χ1) is 15.3. The lowest BCUT2D eigenvalue weighted by Gasteiger charge is -2.07. The molecule has 0 atom stereocenters. The molecule has 2 heterocycles. The van der Waals surface area contributed by atoms with E-state index in [2.05, 4.69) is 10.3 Å². The van der Waals surface area contributed by atoms with Crippen molar-refractivity contribution < 1.29 is 18.7 Å². The van der Waals surface area contributed by atoms with Crippen LogP contribution in [-0.2, 0) is 4.74 Å². The largest absolute Gasteiger partial charge is 0.465 e. The van der Waals surface area contributed by atoms with Crippen LogP contribution in [-0.4, -0.2) is 24.0 Å². The molecule has 4 rings (SSSR count). The van der Waals surface area contributed by atoms with E-state index in [4.69, 9.17) is 9.15 Å². The number of nitrogens with zero attached hydrogens (tertiary/aromatic N) is 1. The zero-order valence-electron chi connectivity index (χ0n) is 17.9. The molecule has 8 heteroatoms. The Morgan fingerprint density at radius 3 is 2.47 bits per heavy atom. The third kappa shape index (κ3) is 4.04. The van der Waals surface area contributed by atoms with E-state index in [9.17, 15) is 14.4 Å². The number of nitrogens with one attached hydrogen (secondary N) is 1. The highest BCUT2D eigenvalue weighted by Gasteiger charge is 2.18. The van der Waals surface area contributed by atoms with Crippen LogP contribution in [0.4, 0.5) is 5.13 Å². The molecular weight excluding hydrogens is 428 g/mol. The fourth-order valence-corrected chi connectivity index (χ4v) is 4.32. The summed E-state index contributed by atoms with van der Waals surface area (Å²) in [5.74, 6) is -0.431. The van der Waals surface area contributed by atoms with Crippen molar-refractivity contribution in [1.29, 1.82) is 0 Å². The molecule has 2 aromatic carbocycles. The molecule has 0 aliphatic rings. The van der Waals surface area contributed by atoms with Gasteiger partial charge in [-0.1, -0.05) is 29.5 Å². The van der Waals surface area contributed by atoms with Crippen LogP contribution in [0.3, 0.4) is 0 Å². The van der Waals surface area contributed by atoms with E-state index in [0.717, 1.165) is 22.5 Å². The summed E-state index contributed by atoms with van der Waals surface area (Å²) in [6, 6.07) is 12.0. The molecule has 7 nitrogen and oxygen atoms in total. The predicted molar refractivity (Wildman–Crippen MR) is 124 cm³/mol. The number of fused-ring (bicyclic) bond motifs is 1. The molecule has 162 valence electrons. The smallest absolute Gasteiger partial charge is 0.350 e. The highest BCUT2D eigenvalue weighted by atomic mass is 32.1. The number of amides is 1. The number of rotatable bonds is 4. The lowest BCUT2D eigenvalue weighted by atomic mass is 10.1. The minimum absolute atomic E-state index is 0.115. The molecule has 0 fully saturated rings. The first-order valence-electron chi connectivity index (χ1n) is 9.79. The van der Waals surface area contributed by atoms with Gasteiger partial charge < -0.3 is 9.15 Å². The fraction of sp³-hybridized carbons (Fsp3) is 0.167. The van der Waals surface area contributed by atoms with E-state index in [0.29, 0.717) is 43.6 Å². The van der Waals surface area contributed by atoms with Crippen LogP contribution in [0.25, 0.3) is 22.3 Å². The fourth-order valence-electron chi connectivity index (χ4n) is 3.44. The van der Waals surface area contributed by atoms with E-state index >= 15 is 0 Å². The molecule has 0 bridgehead atoms. The summed E-state index contributed by atoms with van der Waals surface area (Å²) in [6.07, 6.45) is 0. The minimum atomic E-state index is -0.493. The average molecular weight is 449 g/mol. The maximum atomic E-state index is 12.6. The zero-order chi connectivity index (χ0) is 23.0. The van der Waals surface area contributed by atoms with E-state index in [-0.39, 0.29) is 11.3 Å². The molecule has 0 aliphatic heterocycles. The molecule has 0 aliphatic carbocycles. The number of thiazole rings is 1. The molecule has 0 unspecified atom stereocenters. The Kier molecular flexibility index (Phi) is 5.63. The topological polar surface area (TPSA) is 98.5 Å². The summed E-state index contributed by atoms with van der Waals surface area (Å²) in [7, 11) is 1.29. The van der Waals surface area contributed by atoms with Crippen molar-refractivity contribution in [2.75, 3.05) is 12.4 Å². The molecule has 4 aromatic rings. The number of carbonyl (C=O) groups excluding carboxylic acids is 2. The summed E-state index contributed by atoms with van der Waals surface area (Å²) >= 11 is 1.05. The van der Waals surface area contributed by atoms with E-state index in [1.54, 1.807) is 31.2 Å². The summed E-state index contributed by atoms with van der Waals surface area (Å²) in [6.45, 7) is 5.52. The van der Waals surface area contributed by atoms with Crippen LogP contribution in [0.5, 0.6) is 0 Å². The SMILES string of the molecule is COC(=O)c1sc(NC(=O)c2ccc(-c3cc(=O)c4cc(C)cc(C)c4o3)cc2)nc1C. The summed E-state index contributed by atoms with van der Waals surface area (Å²) in [4.78, 5) is 41.5. The van der Waals surface area contributed by atoms with Gasteiger partial charge in [-0.05, 0) is 50.1 Å². The Labute approximate surface area is 187 Å². The second kappa shape index (κ2) is 8.39. The van der Waals surface area contributed by atoms with Crippen LogP contribution in [0, 0.1) is 20.8 Å². The number of ether oxygens (including phenoxy) is 1. The van der Waals surface area contributed by atoms with Crippen LogP contribution >= 0.6 is 11.3 Å². The van der Waals surface area contributed by atoms with Gasteiger partial charge in [0.25, 0.3) is 5.91 Å². The van der Waals surface area contributed by atoms with Gasteiger partial charge in [0.05, 0.1) is 18.2 Å². The third-order valence-electron chi connectivity index (χ3n) is 4.98. The van der Waals surface area contributed by atoms with Crippen LogP contribution in [0.2, 0.25) is 0 Å². The number of esters is 1. The van der Waals surface area contributed by atoms with Crippen molar-refractivity contribution in [1.82, 2.24) is 4.98 Å². The molecule has 0 spiro atoms. The third-order valence-corrected chi connectivity index (χ3v) is 6.03. The quantitative estimate of drug-likeness (QED) is 0.447. The Bertz CT molecular complexity index is 1420. The van der Waals surface area contributed by atoms with Crippen molar-refractivity contribution in [2.24, 2.45) is 0 Å². The van der Waals surface area contributed by atoms with Crippen LogP contribution in [0.15, 0.2) is 51.7 Å². The first kappa shape index (κ1) is 21.5. The number of benzene rings is 2. The first-order valence-corrected chi connectivity index (χ1v) is 10.6. The number of carbonyl (C=O) groups is 2. The molecule has 32 heavy (non-hydrogen) atoms. The summed E-state index contributed by atoms with van der Waals surface area (Å²) in [5.41, 5.74) is 3.90. The lowest BCUT2D eigenvalue weighted by molar-refractivity contribution is 0.0605. The summed E-state index contributed by atoms with van der Waals surface area (Å²) in [5, 5.41) is 3.55. The van der Waals surface area contributed by atoms with Crippen molar-refractivity contribution in [3.05, 3.63) is 79.9 Å². The normalized spacial score (nSPS) is 10.9. The Morgan fingerprint density at radius 2 is 1.78 bits per heavy atom. The molecule has 0 radical (unpaired) electrons. The number of methoxy groups -OCH3 is 1. The number of anilines is 1. The minimum Gasteiger partial charge on any atom is -0.465 e. The number of aryl methyl sites for hydroxylation is 3. The van der Waals surface area contributed by atoms with Gasteiger partial charge in [-0.15, -0.1) is 0 Å². The van der Waals surface area contributed by atoms with Crippen LogP contribution < -0.4 is 10.7 Å². The predicted octanol–water partition coefficient (Wildman–Crippen LogP) is 4.88. The lowest BCUT2D eigenvalue weighted by Crippen LogP contribution is -2.11. The molecule has 1 amide bonds. The number of hydrogen-bond donors (Lipinski definition) is 1. The number of hydrogen-bond acceptors (Lipinski definition) is 7. The Hall–Kier alpha value is -3.78. The molecule has 0 saturated carbocycles. The molecule has 2 aromatic heterocycles. The average Bonchev–Trinajstić information content (AvgIpc) is 3.13. The summed E-state index contributed by atoms with van der Waals surface area (Å²) < 4.78 is 10.7. The van der Waals surface area contributed by atoms with Crippen molar-refractivity contribution in [3.63, 3.8) is 0 Å². The standard InChI is InChI=1S/C24H20N2O5S/c1-12-9-13(2)20-17(10-12)18(27)11-19(31-20)15-5-7-16(8-6-15)22(28)26-24-25-14(3)21(32-24)23(29)30-4/h5-11H,1-4H3,(H,25,26,28). The van der Waals surface area contributed by atoms with Gasteiger partial charge in [0.15, 0.2) is 10.6 Å². The number of aromatic nitrogens is 1. The maximum Gasteiger partial charge on any atom is 0.350 e. The molecule has 0 saturated heterocycles. The Balaban J connectivity index is 1.59. The second-order valence-electron chi connectivity index (χ2n) is 7.39. The van der Waals surface area contributed by atoms with Crippen molar-refractivity contribution in [3.8, 4) is 11.3 Å². The van der Waals surface area contributed by atoms with Gasteiger partial charge in [-0.25, -0.2) is 9.78 Å². The van der Waals surface area contributed by atoms with Gasteiger partial charge in [0, 0.05) is 17.2 Å². The zero-order valence-corrected chi connectivity index (χ0v) is 18.8.